The van der Waals surface area contributed by atoms with E-state index < -0.39 is 18.0 Å². The summed E-state index contributed by atoms with van der Waals surface area (Å²) in [5.74, 6) is -0.953. The molecule has 1 aromatic rings. The monoisotopic (exact) mass is 264 g/mol. The van der Waals surface area contributed by atoms with E-state index in [2.05, 4.69) is 6.58 Å². The minimum atomic E-state index is -0.974. The Kier molecular flexibility index (Phi) is 5.11. The molecule has 0 heterocycles. The zero-order valence-electron chi connectivity index (χ0n) is 10.9. The van der Waals surface area contributed by atoms with Gasteiger partial charge < -0.3 is 14.6 Å². The predicted octanol–water partition coefficient (Wildman–Crippen LogP) is 2.20. The van der Waals surface area contributed by atoms with Crippen molar-refractivity contribution in [3.63, 3.8) is 0 Å². The second kappa shape index (κ2) is 6.58. The maximum Gasteiger partial charge on any atom is 0.352 e. The van der Waals surface area contributed by atoms with Crippen LogP contribution in [0.15, 0.2) is 36.4 Å². The molecule has 0 aliphatic carbocycles. The lowest BCUT2D eigenvalue weighted by Crippen LogP contribution is -2.30. The normalized spacial score (nSPS) is 11.5. The average Bonchev–Trinajstić information content (AvgIpc) is 2.38. The van der Waals surface area contributed by atoms with E-state index in [0.29, 0.717) is 6.42 Å². The molecule has 1 rings (SSSR count). The van der Waals surface area contributed by atoms with Gasteiger partial charge in [0.15, 0.2) is 6.10 Å². The van der Waals surface area contributed by atoms with Crippen LogP contribution in [-0.2, 0) is 14.3 Å². The number of esters is 2. The van der Waals surface area contributed by atoms with Crippen LogP contribution in [0.2, 0.25) is 0 Å². The van der Waals surface area contributed by atoms with Crippen LogP contribution >= 0.6 is 0 Å². The molecule has 0 aliphatic rings. The molecule has 1 unspecified atom stereocenters. The van der Waals surface area contributed by atoms with Crippen molar-refractivity contribution in [2.45, 2.75) is 26.4 Å². The highest BCUT2D eigenvalue weighted by Gasteiger charge is 2.23. The first-order chi connectivity index (χ1) is 8.93. The maximum absolute atomic E-state index is 11.8. The molecule has 0 fully saturated rings. The minimum absolute atomic E-state index is 0.0700. The SMILES string of the molecule is C=C(C)C(=O)OC(CC)C(=O)Oc1ccc(O)cc1. The first-order valence-corrected chi connectivity index (χ1v) is 5.81. The van der Waals surface area contributed by atoms with Gasteiger partial charge in [0.05, 0.1) is 0 Å². The van der Waals surface area contributed by atoms with Gasteiger partial charge in [0.2, 0.25) is 0 Å². The van der Waals surface area contributed by atoms with Crippen molar-refractivity contribution in [1.82, 2.24) is 0 Å². The van der Waals surface area contributed by atoms with Crippen LogP contribution in [0, 0.1) is 0 Å². The molecule has 0 spiro atoms. The predicted molar refractivity (Wildman–Crippen MR) is 68.7 cm³/mol. The third kappa shape index (κ3) is 4.46. The Morgan fingerprint density at radius 1 is 1.32 bits per heavy atom. The number of carbonyl (C=O) groups is 2. The highest BCUT2D eigenvalue weighted by Crippen LogP contribution is 2.17. The van der Waals surface area contributed by atoms with Crippen molar-refractivity contribution in [3.8, 4) is 11.5 Å². The largest absolute Gasteiger partial charge is 0.508 e. The molecular formula is C14H16O5. The number of ether oxygens (including phenoxy) is 2. The molecule has 0 saturated carbocycles. The number of rotatable bonds is 5. The van der Waals surface area contributed by atoms with E-state index >= 15 is 0 Å². The third-order valence-corrected chi connectivity index (χ3v) is 2.29. The Morgan fingerprint density at radius 3 is 2.37 bits per heavy atom. The lowest BCUT2D eigenvalue weighted by atomic mass is 10.2. The molecule has 19 heavy (non-hydrogen) atoms. The van der Waals surface area contributed by atoms with Crippen molar-refractivity contribution in [3.05, 3.63) is 36.4 Å². The van der Waals surface area contributed by atoms with E-state index in [0.717, 1.165) is 0 Å². The van der Waals surface area contributed by atoms with Gasteiger partial charge in [-0.2, -0.15) is 0 Å². The van der Waals surface area contributed by atoms with Crippen LogP contribution in [0.25, 0.3) is 0 Å². The van der Waals surface area contributed by atoms with E-state index in [9.17, 15) is 9.59 Å². The molecule has 0 aromatic heterocycles. The van der Waals surface area contributed by atoms with Crippen molar-refractivity contribution in [1.29, 1.82) is 0 Å². The van der Waals surface area contributed by atoms with Gasteiger partial charge in [0, 0.05) is 5.57 Å². The van der Waals surface area contributed by atoms with Crippen molar-refractivity contribution in [2.75, 3.05) is 0 Å². The summed E-state index contributed by atoms with van der Waals surface area (Å²) in [6, 6.07) is 5.67. The van der Waals surface area contributed by atoms with Crippen LogP contribution in [0.5, 0.6) is 11.5 Å². The topological polar surface area (TPSA) is 72.8 Å². The molecule has 102 valence electrons. The second-order valence-electron chi connectivity index (χ2n) is 4.00. The Morgan fingerprint density at radius 2 is 1.89 bits per heavy atom. The third-order valence-electron chi connectivity index (χ3n) is 2.29. The number of carbonyl (C=O) groups excluding carboxylic acids is 2. The fraction of sp³-hybridized carbons (Fsp3) is 0.286. The van der Waals surface area contributed by atoms with Gasteiger partial charge in [-0.3, -0.25) is 0 Å². The molecular weight excluding hydrogens is 248 g/mol. The minimum Gasteiger partial charge on any atom is -0.508 e. The van der Waals surface area contributed by atoms with E-state index in [4.69, 9.17) is 14.6 Å². The van der Waals surface area contributed by atoms with Crippen molar-refractivity contribution >= 4 is 11.9 Å². The molecule has 1 N–H and O–H groups in total. The van der Waals surface area contributed by atoms with E-state index in [1.54, 1.807) is 6.92 Å². The standard InChI is InChI=1S/C14H16O5/c1-4-12(19-13(16)9(2)3)14(17)18-11-7-5-10(15)6-8-11/h5-8,12,15H,2,4H2,1,3H3. The first-order valence-electron chi connectivity index (χ1n) is 5.81. The maximum atomic E-state index is 11.8. The van der Waals surface area contributed by atoms with E-state index in [1.807, 2.05) is 0 Å². The molecule has 5 heteroatoms. The van der Waals surface area contributed by atoms with Gasteiger partial charge >= 0.3 is 11.9 Å². The number of aromatic hydroxyl groups is 1. The highest BCUT2D eigenvalue weighted by atomic mass is 16.6. The lowest BCUT2D eigenvalue weighted by molar-refractivity contribution is -0.159. The number of phenolic OH excluding ortho intramolecular Hbond substituents is 1. The Bertz CT molecular complexity index is 475. The molecule has 0 radical (unpaired) electrons. The molecule has 0 amide bonds. The summed E-state index contributed by atoms with van der Waals surface area (Å²) >= 11 is 0. The summed E-state index contributed by atoms with van der Waals surface area (Å²) in [6.45, 7) is 6.64. The number of benzene rings is 1. The second-order valence-corrected chi connectivity index (χ2v) is 4.00. The van der Waals surface area contributed by atoms with E-state index in [-0.39, 0.29) is 17.1 Å². The smallest absolute Gasteiger partial charge is 0.352 e. The quantitative estimate of drug-likeness (QED) is 0.501. The number of hydrogen-bond acceptors (Lipinski definition) is 5. The molecule has 0 saturated heterocycles. The van der Waals surface area contributed by atoms with E-state index in [1.165, 1.54) is 31.2 Å². The van der Waals surface area contributed by atoms with Crippen LogP contribution in [-0.4, -0.2) is 23.1 Å². The van der Waals surface area contributed by atoms with Gasteiger partial charge in [-0.15, -0.1) is 0 Å². The van der Waals surface area contributed by atoms with Crippen LogP contribution in [0.1, 0.15) is 20.3 Å². The molecule has 1 atom stereocenters. The van der Waals surface area contributed by atoms with Gasteiger partial charge in [0.25, 0.3) is 0 Å². The zero-order valence-corrected chi connectivity index (χ0v) is 10.9. The lowest BCUT2D eigenvalue weighted by Gasteiger charge is -2.15. The zero-order chi connectivity index (χ0) is 14.4. The summed E-state index contributed by atoms with van der Waals surface area (Å²) in [5, 5.41) is 9.11. The Balaban J connectivity index is 2.66. The molecule has 1 aromatic carbocycles. The van der Waals surface area contributed by atoms with Gasteiger partial charge in [-0.25, -0.2) is 9.59 Å². The average molecular weight is 264 g/mol. The Labute approximate surface area is 111 Å². The van der Waals surface area contributed by atoms with Crippen molar-refractivity contribution in [2.24, 2.45) is 0 Å². The summed E-state index contributed by atoms with van der Waals surface area (Å²) < 4.78 is 10.0. The molecule has 5 nitrogen and oxygen atoms in total. The van der Waals surface area contributed by atoms with Crippen LogP contribution < -0.4 is 4.74 Å². The summed E-state index contributed by atoms with van der Waals surface area (Å²) in [7, 11) is 0. The summed E-state index contributed by atoms with van der Waals surface area (Å²) in [5.41, 5.74) is 0.218. The first kappa shape index (κ1) is 14.8. The molecule has 0 aliphatic heterocycles. The van der Waals surface area contributed by atoms with Gasteiger partial charge in [0.1, 0.15) is 11.5 Å². The van der Waals surface area contributed by atoms with Crippen molar-refractivity contribution < 1.29 is 24.2 Å². The summed E-state index contributed by atoms with van der Waals surface area (Å²) in [4.78, 5) is 23.1. The van der Waals surface area contributed by atoms with Crippen LogP contribution in [0.3, 0.4) is 0 Å². The molecule has 0 bridgehead atoms. The van der Waals surface area contributed by atoms with Gasteiger partial charge in [-0.1, -0.05) is 13.5 Å². The number of phenols is 1. The fourth-order valence-electron chi connectivity index (χ4n) is 1.22. The van der Waals surface area contributed by atoms with Gasteiger partial charge in [-0.05, 0) is 37.6 Å². The fourth-order valence-corrected chi connectivity index (χ4v) is 1.22. The highest BCUT2D eigenvalue weighted by molar-refractivity contribution is 5.89. The number of hydrogen-bond donors (Lipinski definition) is 1. The Hall–Kier alpha value is -2.30. The van der Waals surface area contributed by atoms with Crippen LogP contribution in [0.4, 0.5) is 0 Å². The summed E-state index contributed by atoms with van der Waals surface area (Å²) in [6.07, 6.45) is -0.673.